The summed E-state index contributed by atoms with van der Waals surface area (Å²) in [5.41, 5.74) is 7.60. The van der Waals surface area contributed by atoms with E-state index in [0.29, 0.717) is 0 Å². The first-order valence-electron chi connectivity index (χ1n) is 6.31. The topological polar surface area (TPSA) is 26.0 Å². The SMILES string of the molecule is NC(Cc1ccc2ccccc2c1)c1cc(Br)c(Br)s1. The van der Waals surface area contributed by atoms with Crippen LogP contribution in [0.3, 0.4) is 0 Å². The molecule has 1 nitrogen and oxygen atoms in total. The molecule has 1 heterocycles. The molecule has 1 aromatic heterocycles. The van der Waals surface area contributed by atoms with Gasteiger partial charge in [0.25, 0.3) is 0 Å². The highest BCUT2D eigenvalue weighted by Gasteiger charge is 2.12. The van der Waals surface area contributed by atoms with Crippen LogP contribution >= 0.6 is 43.2 Å². The Kier molecular flexibility index (Phi) is 4.26. The van der Waals surface area contributed by atoms with Gasteiger partial charge in [-0.1, -0.05) is 42.5 Å². The van der Waals surface area contributed by atoms with Gasteiger partial charge in [0.15, 0.2) is 0 Å². The zero-order valence-corrected chi connectivity index (χ0v) is 14.6. The summed E-state index contributed by atoms with van der Waals surface area (Å²) in [6.07, 6.45) is 0.851. The smallest absolute Gasteiger partial charge is 0.0843 e. The van der Waals surface area contributed by atoms with Gasteiger partial charge < -0.3 is 5.73 Å². The van der Waals surface area contributed by atoms with Crippen LogP contribution in [0.25, 0.3) is 10.8 Å². The molecule has 0 saturated carbocycles. The van der Waals surface area contributed by atoms with Gasteiger partial charge in [0.05, 0.1) is 3.79 Å². The lowest BCUT2D eigenvalue weighted by molar-refractivity contribution is 0.737. The quantitative estimate of drug-likeness (QED) is 0.591. The maximum atomic E-state index is 6.32. The number of nitrogens with two attached hydrogens (primary N) is 1. The van der Waals surface area contributed by atoms with E-state index in [-0.39, 0.29) is 6.04 Å². The van der Waals surface area contributed by atoms with Crippen molar-refractivity contribution in [2.24, 2.45) is 5.73 Å². The molecule has 0 aliphatic heterocycles. The fraction of sp³-hybridized carbons (Fsp3) is 0.125. The van der Waals surface area contributed by atoms with E-state index in [9.17, 15) is 0 Å². The lowest BCUT2D eigenvalue weighted by atomic mass is 10.0. The lowest BCUT2D eigenvalue weighted by Crippen LogP contribution is -2.11. The standard InChI is InChI=1S/C16H13Br2NS/c17-13-9-15(20-16(13)18)14(19)8-10-5-6-11-3-1-2-4-12(11)7-10/h1-7,9,14H,8,19H2. The zero-order valence-electron chi connectivity index (χ0n) is 10.6. The Hall–Kier alpha value is -0.680. The molecule has 3 rings (SSSR count). The molecular weight excluding hydrogens is 398 g/mol. The van der Waals surface area contributed by atoms with Crippen molar-refractivity contribution < 1.29 is 0 Å². The minimum atomic E-state index is 0.0313. The summed E-state index contributed by atoms with van der Waals surface area (Å²) in [5, 5.41) is 2.54. The minimum absolute atomic E-state index is 0.0313. The van der Waals surface area contributed by atoms with Gasteiger partial charge in [-0.25, -0.2) is 0 Å². The Morgan fingerprint density at radius 3 is 2.45 bits per heavy atom. The fourth-order valence-corrected chi connectivity index (χ4v) is 4.36. The van der Waals surface area contributed by atoms with Gasteiger partial charge >= 0.3 is 0 Å². The van der Waals surface area contributed by atoms with Crippen molar-refractivity contribution in [3.8, 4) is 0 Å². The molecule has 20 heavy (non-hydrogen) atoms. The maximum absolute atomic E-state index is 6.32. The van der Waals surface area contributed by atoms with Crippen molar-refractivity contribution in [3.63, 3.8) is 0 Å². The summed E-state index contributed by atoms with van der Waals surface area (Å²) in [7, 11) is 0. The van der Waals surface area contributed by atoms with E-state index in [4.69, 9.17) is 5.73 Å². The third-order valence-corrected chi connectivity index (χ3v) is 6.69. The molecule has 1 unspecified atom stereocenters. The predicted octanol–water partition coefficient (Wildman–Crippen LogP) is 5.67. The van der Waals surface area contributed by atoms with Crippen LogP contribution in [0.4, 0.5) is 0 Å². The molecule has 2 aromatic carbocycles. The monoisotopic (exact) mass is 409 g/mol. The summed E-state index contributed by atoms with van der Waals surface area (Å²) in [6.45, 7) is 0. The molecule has 0 fully saturated rings. The first-order chi connectivity index (χ1) is 9.63. The normalized spacial score (nSPS) is 12.8. The van der Waals surface area contributed by atoms with Crippen molar-refractivity contribution in [1.29, 1.82) is 0 Å². The highest BCUT2D eigenvalue weighted by atomic mass is 79.9. The number of rotatable bonds is 3. The van der Waals surface area contributed by atoms with Crippen molar-refractivity contribution in [2.75, 3.05) is 0 Å². The number of hydrogen-bond acceptors (Lipinski definition) is 2. The Morgan fingerprint density at radius 2 is 1.75 bits per heavy atom. The van der Waals surface area contributed by atoms with Crippen molar-refractivity contribution in [2.45, 2.75) is 12.5 Å². The van der Waals surface area contributed by atoms with Crippen LogP contribution in [0.1, 0.15) is 16.5 Å². The molecule has 0 amide bonds. The van der Waals surface area contributed by atoms with Crippen LogP contribution in [0.2, 0.25) is 0 Å². The molecule has 3 aromatic rings. The summed E-state index contributed by atoms with van der Waals surface area (Å²) >= 11 is 8.72. The van der Waals surface area contributed by atoms with Gasteiger partial charge in [-0.2, -0.15) is 0 Å². The van der Waals surface area contributed by atoms with Gasteiger partial charge in [-0.05, 0) is 60.7 Å². The maximum Gasteiger partial charge on any atom is 0.0843 e. The average molecular weight is 411 g/mol. The van der Waals surface area contributed by atoms with Crippen LogP contribution in [-0.4, -0.2) is 0 Å². The number of halogens is 2. The van der Waals surface area contributed by atoms with E-state index in [1.54, 1.807) is 11.3 Å². The molecule has 1 atom stereocenters. The summed E-state index contributed by atoms with van der Waals surface area (Å²) in [6, 6.07) is 17.1. The Labute approximate surface area is 139 Å². The number of thiophene rings is 1. The van der Waals surface area contributed by atoms with Crippen molar-refractivity contribution in [1.82, 2.24) is 0 Å². The zero-order chi connectivity index (χ0) is 14.1. The molecule has 0 bridgehead atoms. The van der Waals surface area contributed by atoms with Crippen LogP contribution in [0.5, 0.6) is 0 Å². The minimum Gasteiger partial charge on any atom is -0.323 e. The molecule has 2 N–H and O–H groups in total. The number of hydrogen-bond donors (Lipinski definition) is 1. The van der Waals surface area contributed by atoms with Crippen LogP contribution < -0.4 is 5.73 Å². The van der Waals surface area contributed by atoms with Crippen LogP contribution in [-0.2, 0) is 6.42 Å². The largest absolute Gasteiger partial charge is 0.323 e. The molecule has 102 valence electrons. The molecule has 0 aliphatic rings. The van der Waals surface area contributed by atoms with E-state index >= 15 is 0 Å². The van der Waals surface area contributed by atoms with E-state index in [1.807, 2.05) is 0 Å². The molecular formula is C16H13Br2NS. The van der Waals surface area contributed by atoms with E-state index in [1.165, 1.54) is 21.2 Å². The second kappa shape index (κ2) is 5.98. The van der Waals surface area contributed by atoms with Gasteiger partial charge in [-0.15, -0.1) is 11.3 Å². The highest BCUT2D eigenvalue weighted by Crippen LogP contribution is 2.35. The van der Waals surface area contributed by atoms with Crippen LogP contribution in [0.15, 0.2) is 56.8 Å². The third kappa shape index (κ3) is 2.98. The molecule has 0 spiro atoms. The predicted molar refractivity (Wildman–Crippen MR) is 94.3 cm³/mol. The first kappa shape index (κ1) is 14.3. The van der Waals surface area contributed by atoms with Crippen molar-refractivity contribution >= 4 is 54.0 Å². The van der Waals surface area contributed by atoms with E-state index in [0.717, 1.165) is 14.7 Å². The van der Waals surface area contributed by atoms with Gasteiger partial charge in [0.2, 0.25) is 0 Å². The van der Waals surface area contributed by atoms with Gasteiger partial charge in [0, 0.05) is 15.4 Å². The third-order valence-electron chi connectivity index (χ3n) is 3.30. The van der Waals surface area contributed by atoms with Gasteiger partial charge in [-0.3, -0.25) is 0 Å². The summed E-state index contributed by atoms with van der Waals surface area (Å²) in [4.78, 5) is 1.19. The highest BCUT2D eigenvalue weighted by molar-refractivity contribution is 9.13. The Morgan fingerprint density at radius 1 is 1.00 bits per heavy atom. The Balaban J connectivity index is 1.85. The molecule has 0 radical (unpaired) electrons. The van der Waals surface area contributed by atoms with E-state index < -0.39 is 0 Å². The summed E-state index contributed by atoms with van der Waals surface area (Å²) in [5.74, 6) is 0. The molecule has 0 saturated heterocycles. The average Bonchev–Trinajstić information content (AvgIpc) is 2.79. The fourth-order valence-electron chi connectivity index (χ4n) is 2.27. The second-order valence-electron chi connectivity index (χ2n) is 4.76. The second-order valence-corrected chi connectivity index (χ2v) is 8.02. The first-order valence-corrected chi connectivity index (χ1v) is 8.72. The van der Waals surface area contributed by atoms with Crippen molar-refractivity contribution in [3.05, 3.63) is 67.2 Å². The lowest BCUT2D eigenvalue weighted by Gasteiger charge is -2.10. The Bertz CT molecular complexity index is 732. The van der Waals surface area contributed by atoms with E-state index in [2.05, 4.69) is 80.4 Å². The van der Waals surface area contributed by atoms with Gasteiger partial charge in [0.1, 0.15) is 0 Å². The van der Waals surface area contributed by atoms with Crippen LogP contribution in [0, 0.1) is 0 Å². The summed E-state index contributed by atoms with van der Waals surface area (Å²) < 4.78 is 2.17. The number of fused-ring (bicyclic) bond motifs is 1. The molecule has 4 heteroatoms. The number of benzene rings is 2. The molecule has 0 aliphatic carbocycles.